The third-order valence-corrected chi connectivity index (χ3v) is 5.34. The summed E-state index contributed by atoms with van der Waals surface area (Å²) in [7, 11) is 0. The van der Waals surface area contributed by atoms with Gasteiger partial charge in [-0.15, -0.1) is 0 Å². The van der Waals surface area contributed by atoms with Gasteiger partial charge in [0.25, 0.3) is 11.8 Å². The molecule has 4 rings (SSSR count). The number of amides is 3. The molecule has 3 aliphatic rings. The molecular formula is C19H21N3O3. The van der Waals surface area contributed by atoms with Gasteiger partial charge in [0, 0.05) is 12.2 Å². The first-order chi connectivity index (χ1) is 12.1. The lowest BCUT2D eigenvalue weighted by Crippen LogP contribution is -2.51. The maximum Gasteiger partial charge on any atom is 0.262 e. The molecule has 2 atom stereocenters. The molecule has 2 unspecified atom stereocenters. The van der Waals surface area contributed by atoms with Gasteiger partial charge in [-0.25, -0.2) is 0 Å². The minimum atomic E-state index is -0.752. The van der Waals surface area contributed by atoms with Gasteiger partial charge in [-0.05, 0) is 55.8 Å². The highest BCUT2D eigenvalue weighted by Gasteiger charge is 2.44. The van der Waals surface area contributed by atoms with Crippen molar-refractivity contribution >= 4 is 17.7 Å². The Morgan fingerprint density at radius 3 is 2.60 bits per heavy atom. The topological polar surface area (TPSA) is 78.5 Å². The quantitative estimate of drug-likeness (QED) is 0.801. The number of nitrogens with zero attached hydrogens (tertiary/aromatic N) is 1. The van der Waals surface area contributed by atoms with Crippen molar-refractivity contribution in [2.75, 3.05) is 13.1 Å². The zero-order chi connectivity index (χ0) is 17.6. The number of fused-ring (bicyclic) bond motifs is 1. The summed E-state index contributed by atoms with van der Waals surface area (Å²) in [5, 5.41) is 6.02. The van der Waals surface area contributed by atoms with Crippen LogP contribution in [0.5, 0.6) is 0 Å². The number of benzene rings is 1. The number of piperidine rings is 2. The van der Waals surface area contributed by atoms with Crippen LogP contribution in [0.2, 0.25) is 0 Å². The minimum Gasteiger partial charge on any atom is -0.329 e. The minimum absolute atomic E-state index is 0.331. The molecule has 2 fully saturated rings. The Bertz CT molecular complexity index is 780. The second-order valence-corrected chi connectivity index (χ2v) is 6.98. The van der Waals surface area contributed by atoms with E-state index in [0.717, 1.165) is 36.4 Å². The summed E-state index contributed by atoms with van der Waals surface area (Å²) < 4.78 is 0. The van der Waals surface area contributed by atoms with Crippen LogP contribution in [0.3, 0.4) is 0 Å². The van der Waals surface area contributed by atoms with E-state index in [1.807, 2.05) is 12.1 Å². The van der Waals surface area contributed by atoms with E-state index in [4.69, 9.17) is 0 Å². The van der Waals surface area contributed by atoms with E-state index >= 15 is 0 Å². The lowest BCUT2D eigenvalue weighted by Gasteiger charge is -2.29. The predicted octanol–water partition coefficient (Wildman–Crippen LogP) is 1.54. The molecule has 6 nitrogen and oxygen atoms in total. The van der Waals surface area contributed by atoms with Crippen LogP contribution in [0, 0.1) is 0 Å². The normalized spacial score (nSPS) is 26.6. The zero-order valence-electron chi connectivity index (χ0n) is 14.0. The molecular weight excluding hydrogens is 318 g/mol. The molecule has 130 valence electrons. The predicted molar refractivity (Wildman–Crippen MR) is 92.1 cm³/mol. The highest BCUT2D eigenvalue weighted by Crippen LogP contribution is 2.32. The van der Waals surface area contributed by atoms with Gasteiger partial charge < -0.3 is 10.6 Å². The maximum atomic E-state index is 12.9. The molecule has 2 saturated heterocycles. The van der Waals surface area contributed by atoms with Crippen molar-refractivity contribution in [2.24, 2.45) is 0 Å². The molecule has 0 spiro atoms. The van der Waals surface area contributed by atoms with Gasteiger partial charge in [0.2, 0.25) is 5.91 Å². The average Bonchev–Trinajstić information content (AvgIpc) is 2.87. The molecule has 0 radical (unpaired) electrons. The van der Waals surface area contributed by atoms with Crippen molar-refractivity contribution in [1.29, 1.82) is 0 Å². The fourth-order valence-corrected chi connectivity index (χ4v) is 3.96. The zero-order valence-corrected chi connectivity index (χ0v) is 14.0. The Morgan fingerprint density at radius 1 is 1.08 bits per heavy atom. The fourth-order valence-electron chi connectivity index (χ4n) is 3.96. The van der Waals surface area contributed by atoms with Crippen LogP contribution in [0.25, 0.3) is 0 Å². The summed E-state index contributed by atoms with van der Waals surface area (Å²) in [5.41, 5.74) is 2.53. The largest absolute Gasteiger partial charge is 0.329 e. The fraction of sp³-hybridized carbons (Fsp3) is 0.421. The Morgan fingerprint density at radius 2 is 1.88 bits per heavy atom. The first kappa shape index (κ1) is 16.0. The van der Waals surface area contributed by atoms with E-state index in [0.29, 0.717) is 35.6 Å². The lowest BCUT2D eigenvalue weighted by molar-refractivity contribution is -0.125. The van der Waals surface area contributed by atoms with Crippen molar-refractivity contribution < 1.29 is 14.4 Å². The first-order valence-electron chi connectivity index (χ1n) is 8.77. The van der Waals surface area contributed by atoms with Gasteiger partial charge in [-0.3, -0.25) is 19.3 Å². The molecule has 0 aromatic heterocycles. The summed E-state index contributed by atoms with van der Waals surface area (Å²) in [6, 6.07) is 4.76. The molecule has 0 aliphatic carbocycles. The van der Waals surface area contributed by atoms with Gasteiger partial charge in [0.1, 0.15) is 6.04 Å². The van der Waals surface area contributed by atoms with E-state index in [1.165, 1.54) is 0 Å². The van der Waals surface area contributed by atoms with E-state index in [1.54, 1.807) is 6.07 Å². The number of imide groups is 1. The number of nitrogens with one attached hydrogen (secondary N) is 2. The van der Waals surface area contributed by atoms with Crippen LogP contribution in [0.1, 0.15) is 57.9 Å². The maximum absolute atomic E-state index is 12.9. The third-order valence-electron chi connectivity index (χ3n) is 5.34. The van der Waals surface area contributed by atoms with Crippen molar-refractivity contribution in [2.45, 2.75) is 37.6 Å². The van der Waals surface area contributed by atoms with Gasteiger partial charge in [-0.1, -0.05) is 12.6 Å². The summed E-state index contributed by atoms with van der Waals surface area (Å²) in [6.07, 6.45) is 3.18. The van der Waals surface area contributed by atoms with Gasteiger partial charge >= 0.3 is 0 Å². The Balaban J connectivity index is 1.63. The number of allylic oxidation sites excluding steroid dienone is 1. The summed E-state index contributed by atoms with van der Waals surface area (Å²) in [6.45, 7) is 5.65. The van der Waals surface area contributed by atoms with Crippen molar-refractivity contribution in [3.8, 4) is 0 Å². The van der Waals surface area contributed by atoms with Crippen LogP contribution in [0.4, 0.5) is 0 Å². The standard InChI is InChI=1S/C19H21N3O3/c1-11-4-7-16(17(23)21-11)22-18(24)14-6-5-12(9-15(14)19(22)25)13-3-2-8-20-10-13/h5-6,9,13,16,20H,1-4,7-8,10H2,(H,21,23). The van der Waals surface area contributed by atoms with Crippen LogP contribution in [0.15, 0.2) is 30.5 Å². The second-order valence-electron chi connectivity index (χ2n) is 6.98. The van der Waals surface area contributed by atoms with Gasteiger partial charge in [0.05, 0.1) is 11.1 Å². The number of rotatable bonds is 2. The van der Waals surface area contributed by atoms with Crippen LogP contribution in [-0.2, 0) is 4.79 Å². The number of hydrogen-bond donors (Lipinski definition) is 2. The van der Waals surface area contributed by atoms with Crippen LogP contribution < -0.4 is 10.6 Å². The van der Waals surface area contributed by atoms with Gasteiger partial charge in [-0.2, -0.15) is 0 Å². The van der Waals surface area contributed by atoms with E-state index in [2.05, 4.69) is 17.2 Å². The molecule has 1 aromatic rings. The highest BCUT2D eigenvalue weighted by molar-refractivity contribution is 6.23. The second kappa shape index (κ2) is 6.11. The number of carbonyl (C=O) groups excluding carboxylic acids is 3. The average molecular weight is 339 g/mol. The first-order valence-corrected chi connectivity index (χ1v) is 8.77. The highest BCUT2D eigenvalue weighted by atomic mass is 16.2. The molecule has 3 heterocycles. The van der Waals surface area contributed by atoms with E-state index in [-0.39, 0.29) is 17.7 Å². The summed E-state index contributed by atoms with van der Waals surface area (Å²) in [4.78, 5) is 38.9. The molecule has 6 heteroatoms. The molecule has 25 heavy (non-hydrogen) atoms. The molecule has 0 bridgehead atoms. The SMILES string of the molecule is C=C1CCC(N2C(=O)c3ccc(C4CCCNC4)cc3C2=O)C(=O)N1. The molecule has 3 amide bonds. The Labute approximate surface area is 146 Å². The van der Waals surface area contributed by atoms with E-state index < -0.39 is 6.04 Å². The molecule has 1 aromatic carbocycles. The van der Waals surface area contributed by atoms with Crippen molar-refractivity contribution in [3.05, 3.63) is 47.2 Å². The van der Waals surface area contributed by atoms with Crippen molar-refractivity contribution in [1.82, 2.24) is 15.5 Å². The van der Waals surface area contributed by atoms with Crippen LogP contribution in [-0.4, -0.2) is 41.8 Å². The Hall–Kier alpha value is -2.47. The molecule has 3 aliphatic heterocycles. The Kier molecular flexibility index (Phi) is 3.92. The number of hydrogen-bond acceptors (Lipinski definition) is 4. The summed E-state index contributed by atoms with van der Waals surface area (Å²) >= 11 is 0. The summed E-state index contributed by atoms with van der Waals surface area (Å²) in [5.74, 6) is -0.709. The number of carbonyl (C=O) groups is 3. The van der Waals surface area contributed by atoms with Crippen LogP contribution >= 0.6 is 0 Å². The van der Waals surface area contributed by atoms with Gasteiger partial charge in [0.15, 0.2) is 0 Å². The monoisotopic (exact) mass is 339 g/mol. The molecule has 2 N–H and O–H groups in total. The smallest absolute Gasteiger partial charge is 0.262 e. The van der Waals surface area contributed by atoms with Crippen molar-refractivity contribution in [3.63, 3.8) is 0 Å². The third kappa shape index (κ3) is 2.66. The lowest BCUT2D eigenvalue weighted by atomic mass is 9.90. The van der Waals surface area contributed by atoms with E-state index in [9.17, 15) is 14.4 Å². The molecule has 0 saturated carbocycles.